The number of nitrogens with zero attached hydrogens (tertiary/aromatic N) is 1. The summed E-state index contributed by atoms with van der Waals surface area (Å²) in [5.41, 5.74) is 2.49. The molecule has 1 aromatic carbocycles. The van der Waals surface area contributed by atoms with Crippen molar-refractivity contribution in [2.24, 2.45) is 5.92 Å². The lowest BCUT2D eigenvalue weighted by Crippen LogP contribution is -2.10. The molecule has 2 rings (SSSR count). The molecule has 96 valence electrons. The Morgan fingerprint density at radius 1 is 1.39 bits per heavy atom. The molecule has 0 spiro atoms. The van der Waals surface area contributed by atoms with Gasteiger partial charge >= 0.3 is 0 Å². The Balaban J connectivity index is 2.01. The number of benzene rings is 1. The molecule has 1 nitrogen and oxygen atoms in total. The quantitative estimate of drug-likeness (QED) is 0.706. The number of aryl methyl sites for hydroxylation is 1. The summed E-state index contributed by atoms with van der Waals surface area (Å²) >= 11 is 11.3. The summed E-state index contributed by atoms with van der Waals surface area (Å²) in [7, 11) is 0. The zero-order valence-corrected chi connectivity index (χ0v) is 13.4. The maximum atomic E-state index is 6.08. The minimum absolute atomic E-state index is 0.447. The number of hydrogen-bond acceptors (Lipinski definition) is 2. The number of halogens is 2. The summed E-state index contributed by atoms with van der Waals surface area (Å²) in [4.78, 5) is 4.51. The van der Waals surface area contributed by atoms with E-state index in [1.807, 2.05) is 13.0 Å². The molecule has 1 atom stereocenters. The third-order valence-electron chi connectivity index (χ3n) is 2.80. The van der Waals surface area contributed by atoms with Gasteiger partial charge in [0, 0.05) is 15.7 Å². The van der Waals surface area contributed by atoms with Gasteiger partial charge in [0.25, 0.3) is 0 Å². The van der Waals surface area contributed by atoms with Crippen LogP contribution in [0.3, 0.4) is 0 Å². The predicted octanol–water partition coefficient (Wildman–Crippen LogP) is 4.85. The van der Waals surface area contributed by atoms with E-state index in [2.05, 4.69) is 44.5 Å². The maximum absolute atomic E-state index is 6.08. The number of hydrogen-bond donors (Lipinski definition) is 0. The van der Waals surface area contributed by atoms with Crippen LogP contribution < -0.4 is 0 Å². The fourth-order valence-electron chi connectivity index (χ4n) is 1.98. The summed E-state index contributed by atoms with van der Waals surface area (Å²) in [5, 5.41) is 3.26. The van der Waals surface area contributed by atoms with Crippen LogP contribution in [0.2, 0.25) is 0 Å². The lowest BCUT2D eigenvalue weighted by atomic mass is 9.97. The lowest BCUT2D eigenvalue weighted by Gasteiger charge is -2.12. The minimum Gasteiger partial charge on any atom is -0.247 e. The van der Waals surface area contributed by atoms with Gasteiger partial charge in [-0.25, -0.2) is 4.98 Å². The summed E-state index contributed by atoms with van der Waals surface area (Å²) in [6, 6.07) is 8.42. The Labute approximate surface area is 125 Å². The molecule has 1 heterocycles. The van der Waals surface area contributed by atoms with Crippen LogP contribution in [-0.2, 0) is 12.8 Å². The highest BCUT2D eigenvalue weighted by Crippen LogP contribution is 2.20. The monoisotopic (exact) mass is 343 g/mol. The smallest absolute Gasteiger partial charge is 0.0897 e. The van der Waals surface area contributed by atoms with Gasteiger partial charge in [0.15, 0.2) is 0 Å². The average Bonchev–Trinajstić information content (AvgIpc) is 2.74. The summed E-state index contributed by atoms with van der Waals surface area (Å²) < 4.78 is 1.12. The van der Waals surface area contributed by atoms with E-state index in [0.717, 1.165) is 28.0 Å². The van der Waals surface area contributed by atoms with Gasteiger partial charge in [0.2, 0.25) is 0 Å². The first kappa shape index (κ1) is 14.0. The van der Waals surface area contributed by atoms with Crippen LogP contribution in [0.5, 0.6) is 0 Å². The van der Waals surface area contributed by atoms with Crippen LogP contribution in [0, 0.1) is 12.8 Å². The van der Waals surface area contributed by atoms with Gasteiger partial charge in [-0.15, -0.1) is 22.9 Å². The van der Waals surface area contributed by atoms with E-state index in [9.17, 15) is 0 Å². The molecule has 0 saturated heterocycles. The standard InChI is InChI=1S/C14H15BrClNS/c1-10-17-14(9-18-10)7-12(8-16)5-11-3-2-4-13(15)6-11/h2-4,6,9,12H,5,7-8H2,1H3. The zero-order chi connectivity index (χ0) is 13.0. The number of alkyl halides is 1. The molecular weight excluding hydrogens is 330 g/mol. The normalized spacial score (nSPS) is 12.6. The minimum atomic E-state index is 0.447. The van der Waals surface area contributed by atoms with Crippen LogP contribution in [0.15, 0.2) is 34.1 Å². The van der Waals surface area contributed by atoms with Crippen molar-refractivity contribution in [2.45, 2.75) is 19.8 Å². The van der Waals surface area contributed by atoms with Gasteiger partial charge in [-0.05, 0) is 43.4 Å². The fourth-order valence-corrected chi connectivity index (χ4v) is 3.27. The van der Waals surface area contributed by atoms with Crippen molar-refractivity contribution in [1.82, 2.24) is 4.98 Å². The van der Waals surface area contributed by atoms with Crippen LogP contribution in [0.25, 0.3) is 0 Å². The molecule has 1 unspecified atom stereocenters. The molecule has 0 aliphatic rings. The molecule has 0 aliphatic carbocycles. The first-order valence-electron chi connectivity index (χ1n) is 5.89. The van der Waals surface area contributed by atoms with E-state index in [1.165, 1.54) is 5.56 Å². The SMILES string of the molecule is Cc1nc(CC(CCl)Cc2cccc(Br)c2)cs1. The Morgan fingerprint density at radius 3 is 2.83 bits per heavy atom. The van der Waals surface area contributed by atoms with E-state index in [0.29, 0.717) is 11.8 Å². The van der Waals surface area contributed by atoms with Crippen LogP contribution in [0.4, 0.5) is 0 Å². The molecule has 0 saturated carbocycles. The number of thiazole rings is 1. The van der Waals surface area contributed by atoms with Crippen molar-refractivity contribution in [3.63, 3.8) is 0 Å². The van der Waals surface area contributed by atoms with E-state index in [4.69, 9.17) is 11.6 Å². The zero-order valence-electron chi connectivity index (χ0n) is 10.2. The van der Waals surface area contributed by atoms with E-state index in [-0.39, 0.29) is 0 Å². The molecule has 0 bridgehead atoms. The van der Waals surface area contributed by atoms with Crippen molar-refractivity contribution in [1.29, 1.82) is 0 Å². The second-order valence-corrected chi connectivity index (χ2v) is 6.70. The molecule has 0 fully saturated rings. The van der Waals surface area contributed by atoms with Crippen LogP contribution in [-0.4, -0.2) is 10.9 Å². The van der Waals surface area contributed by atoms with E-state index < -0.39 is 0 Å². The average molecular weight is 345 g/mol. The Bertz CT molecular complexity index is 512. The number of rotatable bonds is 5. The molecular formula is C14H15BrClNS. The van der Waals surface area contributed by atoms with Crippen LogP contribution >= 0.6 is 38.9 Å². The molecule has 18 heavy (non-hydrogen) atoms. The predicted molar refractivity (Wildman–Crippen MR) is 82.6 cm³/mol. The number of aromatic nitrogens is 1. The van der Waals surface area contributed by atoms with Gasteiger partial charge in [-0.2, -0.15) is 0 Å². The summed E-state index contributed by atoms with van der Waals surface area (Å²) in [6.45, 7) is 2.04. The molecule has 0 aliphatic heterocycles. The highest BCUT2D eigenvalue weighted by molar-refractivity contribution is 9.10. The van der Waals surface area contributed by atoms with Crippen molar-refractivity contribution in [3.05, 3.63) is 50.4 Å². The van der Waals surface area contributed by atoms with E-state index >= 15 is 0 Å². The third kappa shape index (κ3) is 4.08. The van der Waals surface area contributed by atoms with Gasteiger partial charge in [0.05, 0.1) is 10.7 Å². The van der Waals surface area contributed by atoms with Crippen molar-refractivity contribution >= 4 is 38.9 Å². The molecule has 2 aromatic rings. The fraction of sp³-hybridized carbons (Fsp3) is 0.357. The Kier molecular flexibility index (Phi) is 5.22. The van der Waals surface area contributed by atoms with E-state index in [1.54, 1.807) is 11.3 Å². The van der Waals surface area contributed by atoms with Crippen molar-refractivity contribution in [3.8, 4) is 0 Å². The third-order valence-corrected chi connectivity index (χ3v) is 4.55. The first-order chi connectivity index (χ1) is 8.67. The largest absolute Gasteiger partial charge is 0.247 e. The topological polar surface area (TPSA) is 12.9 Å². The molecule has 0 radical (unpaired) electrons. The van der Waals surface area contributed by atoms with Gasteiger partial charge in [-0.1, -0.05) is 28.1 Å². The molecule has 0 N–H and O–H groups in total. The Morgan fingerprint density at radius 2 is 2.22 bits per heavy atom. The van der Waals surface area contributed by atoms with Gasteiger partial charge in [-0.3, -0.25) is 0 Å². The van der Waals surface area contributed by atoms with Gasteiger partial charge < -0.3 is 0 Å². The van der Waals surface area contributed by atoms with Crippen LogP contribution in [0.1, 0.15) is 16.3 Å². The second-order valence-electron chi connectivity index (χ2n) is 4.42. The van der Waals surface area contributed by atoms with Crippen molar-refractivity contribution in [2.75, 3.05) is 5.88 Å². The molecule has 1 aromatic heterocycles. The summed E-state index contributed by atoms with van der Waals surface area (Å²) in [5.74, 6) is 1.12. The first-order valence-corrected chi connectivity index (χ1v) is 8.09. The highest BCUT2D eigenvalue weighted by Gasteiger charge is 2.11. The second kappa shape index (κ2) is 6.69. The lowest BCUT2D eigenvalue weighted by molar-refractivity contribution is 0.576. The summed E-state index contributed by atoms with van der Waals surface area (Å²) in [6.07, 6.45) is 1.96. The Hall–Kier alpha value is -0.380. The maximum Gasteiger partial charge on any atom is 0.0897 e. The van der Waals surface area contributed by atoms with Crippen molar-refractivity contribution < 1.29 is 0 Å². The van der Waals surface area contributed by atoms with Gasteiger partial charge in [0.1, 0.15) is 0 Å². The highest BCUT2D eigenvalue weighted by atomic mass is 79.9. The molecule has 0 amide bonds. The molecule has 4 heteroatoms.